The highest BCUT2D eigenvalue weighted by Crippen LogP contribution is 2.36. The summed E-state index contributed by atoms with van der Waals surface area (Å²) in [4.78, 5) is 13.8. The van der Waals surface area contributed by atoms with Crippen molar-refractivity contribution >= 4 is 11.0 Å². The Balaban J connectivity index is 2.06. The summed E-state index contributed by atoms with van der Waals surface area (Å²) in [5.41, 5.74) is 0.952. The molecule has 112 valence electrons. The molecule has 0 amide bonds. The summed E-state index contributed by atoms with van der Waals surface area (Å²) in [5.74, 6) is 1.24. The van der Waals surface area contributed by atoms with Gasteiger partial charge >= 0.3 is 5.63 Å². The molecule has 0 bridgehead atoms. The molecular formula is C15H17NO5. The van der Waals surface area contributed by atoms with Crippen molar-refractivity contribution in [1.29, 1.82) is 0 Å². The van der Waals surface area contributed by atoms with Gasteiger partial charge in [0.25, 0.3) is 0 Å². The molecule has 1 aromatic carbocycles. The second-order valence-corrected chi connectivity index (χ2v) is 4.88. The van der Waals surface area contributed by atoms with E-state index in [-0.39, 0.29) is 13.4 Å². The van der Waals surface area contributed by atoms with Crippen molar-refractivity contribution in [2.45, 2.75) is 13.5 Å². The van der Waals surface area contributed by atoms with Gasteiger partial charge in [0.05, 0.1) is 6.61 Å². The van der Waals surface area contributed by atoms with Gasteiger partial charge in [-0.1, -0.05) is 6.92 Å². The van der Waals surface area contributed by atoms with Gasteiger partial charge < -0.3 is 19.0 Å². The van der Waals surface area contributed by atoms with E-state index in [0.717, 1.165) is 17.5 Å². The Morgan fingerprint density at radius 3 is 2.71 bits per heavy atom. The van der Waals surface area contributed by atoms with Gasteiger partial charge in [-0.05, 0) is 18.2 Å². The number of hydrogen-bond acceptors (Lipinski definition) is 6. The standard InChI is InChI=1S/C15H17NO5/c1-2-16(3-4-17)8-10-5-15(18)21-12-7-14-13(6-11(10)12)19-9-20-14/h5-7,17H,2-4,8-9H2,1H3. The van der Waals surface area contributed by atoms with Crippen molar-refractivity contribution in [3.63, 3.8) is 0 Å². The fourth-order valence-corrected chi connectivity index (χ4v) is 2.48. The van der Waals surface area contributed by atoms with Crippen LogP contribution in [0.3, 0.4) is 0 Å². The lowest BCUT2D eigenvalue weighted by molar-refractivity contribution is 0.174. The largest absolute Gasteiger partial charge is 0.454 e. The van der Waals surface area contributed by atoms with E-state index in [1.807, 2.05) is 13.0 Å². The van der Waals surface area contributed by atoms with E-state index < -0.39 is 5.63 Å². The van der Waals surface area contributed by atoms with Gasteiger partial charge in [0.2, 0.25) is 6.79 Å². The zero-order valence-corrected chi connectivity index (χ0v) is 11.8. The lowest BCUT2D eigenvalue weighted by Crippen LogP contribution is -2.26. The summed E-state index contributed by atoms with van der Waals surface area (Å²) >= 11 is 0. The zero-order valence-electron chi connectivity index (χ0n) is 11.8. The van der Waals surface area contributed by atoms with Crippen molar-refractivity contribution in [3.8, 4) is 11.5 Å². The minimum Gasteiger partial charge on any atom is -0.454 e. The van der Waals surface area contributed by atoms with Crippen LogP contribution < -0.4 is 15.1 Å². The normalized spacial score (nSPS) is 13.3. The van der Waals surface area contributed by atoms with Gasteiger partial charge in [0.1, 0.15) is 5.58 Å². The molecule has 0 saturated carbocycles. The van der Waals surface area contributed by atoms with Crippen LogP contribution >= 0.6 is 0 Å². The Hall–Kier alpha value is -2.05. The molecule has 21 heavy (non-hydrogen) atoms. The van der Waals surface area contributed by atoms with E-state index in [1.165, 1.54) is 6.07 Å². The number of benzene rings is 1. The number of ether oxygens (including phenoxy) is 2. The van der Waals surface area contributed by atoms with Crippen molar-refractivity contribution in [2.75, 3.05) is 26.5 Å². The average Bonchev–Trinajstić information content (AvgIpc) is 2.91. The number of aliphatic hydroxyl groups excluding tert-OH is 1. The quantitative estimate of drug-likeness (QED) is 0.838. The van der Waals surface area contributed by atoms with Gasteiger partial charge in [-0.15, -0.1) is 0 Å². The number of hydrogen-bond donors (Lipinski definition) is 1. The van der Waals surface area contributed by atoms with Crippen LogP contribution in [0, 0.1) is 0 Å². The van der Waals surface area contributed by atoms with E-state index in [4.69, 9.17) is 19.0 Å². The lowest BCUT2D eigenvalue weighted by atomic mass is 10.1. The molecule has 0 aliphatic carbocycles. The summed E-state index contributed by atoms with van der Waals surface area (Å²) in [6.07, 6.45) is 0. The fourth-order valence-electron chi connectivity index (χ4n) is 2.48. The van der Waals surface area contributed by atoms with Crippen LogP contribution in [-0.4, -0.2) is 36.5 Å². The van der Waals surface area contributed by atoms with E-state index in [2.05, 4.69) is 4.90 Å². The Bertz CT molecular complexity index is 709. The van der Waals surface area contributed by atoms with E-state index in [1.54, 1.807) is 6.07 Å². The molecule has 0 atom stereocenters. The first-order valence-electron chi connectivity index (χ1n) is 6.91. The van der Waals surface area contributed by atoms with Gasteiger partial charge in [-0.25, -0.2) is 4.79 Å². The van der Waals surface area contributed by atoms with Crippen LogP contribution in [0.15, 0.2) is 27.4 Å². The first-order valence-corrected chi connectivity index (χ1v) is 6.91. The lowest BCUT2D eigenvalue weighted by Gasteiger charge is -2.19. The molecule has 0 unspecified atom stereocenters. The molecule has 0 radical (unpaired) electrons. The van der Waals surface area contributed by atoms with E-state index in [0.29, 0.717) is 30.2 Å². The van der Waals surface area contributed by atoms with Crippen LogP contribution in [0.4, 0.5) is 0 Å². The molecule has 1 N–H and O–H groups in total. The van der Waals surface area contributed by atoms with Gasteiger partial charge in [0, 0.05) is 30.6 Å². The van der Waals surface area contributed by atoms with Crippen LogP contribution in [0.5, 0.6) is 11.5 Å². The van der Waals surface area contributed by atoms with Gasteiger partial charge in [-0.3, -0.25) is 4.90 Å². The minimum absolute atomic E-state index is 0.0829. The number of likely N-dealkylation sites (N-methyl/N-ethyl adjacent to an activating group) is 1. The van der Waals surface area contributed by atoms with E-state index >= 15 is 0 Å². The zero-order chi connectivity index (χ0) is 14.8. The molecule has 3 rings (SSSR count). The third-order valence-electron chi connectivity index (χ3n) is 3.58. The fraction of sp³-hybridized carbons (Fsp3) is 0.400. The Morgan fingerprint density at radius 1 is 1.24 bits per heavy atom. The Labute approximate surface area is 121 Å². The molecular weight excluding hydrogens is 274 g/mol. The van der Waals surface area contributed by atoms with Crippen LogP contribution in [0.25, 0.3) is 11.0 Å². The third kappa shape index (κ3) is 2.72. The first kappa shape index (κ1) is 13.9. The first-order chi connectivity index (χ1) is 10.2. The molecule has 6 heteroatoms. The molecule has 0 spiro atoms. The maximum atomic E-state index is 11.7. The van der Waals surface area contributed by atoms with Crippen molar-refractivity contribution in [3.05, 3.63) is 34.2 Å². The van der Waals surface area contributed by atoms with Crippen LogP contribution in [0.1, 0.15) is 12.5 Å². The van der Waals surface area contributed by atoms with Crippen LogP contribution in [0.2, 0.25) is 0 Å². The van der Waals surface area contributed by atoms with E-state index in [9.17, 15) is 4.79 Å². The Morgan fingerprint density at radius 2 is 2.00 bits per heavy atom. The molecule has 2 heterocycles. The summed E-state index contributed by atoms with van der Waals surface area (Å²) in [5, 5.41) is 9.91. The van der Waals surface area contributed by atoms with Crippen LogP contribution in [-0.2, 0) is 6.54 Å². The highest BCUT2D eigenvalue weighted by atomic mass is 16.7. The summed E-state index contributed by atoms with van der Waals surface area (Å²) in [6, 6.07) is 5.01. The summed E-state index contributed by atoms with van der Waals surface area (Å²) in [7, 11) is 0. The third-order valence-corrected chi connectivity index (χ3v) is 3.58. The van der Waals surface area contributed by atoms with Gasteiger partial charge in [0.15, 0.2) is 11.5 Å². The minimum atomic E-state index is -0.392. The Kier molecular flexibility index (Phi) is 3.81. The number of nitrogens with zero attached hydrogens (tertiary/aromatic N) is 1. The van der Waals surface area contributed by atoms with Gasteiger partial charge in [-0.2, -0.15) is 0 Å². The summed E-state index contributed by atoms with van der Waals surface area (Å²) < 4.78 is 15.9. The number of aliphatic hydroxyl groups is 1. The predicted octanol–water partition coefficient (Wildman–Crippen LogP) is 1.34. The molecule has 1 aromatic heterocycles. The summed E-state index contributed by atoms with van der Waals surface area (Å²) in [6.45, 7) is 4.18. The monoisotopic (exact) mass is 291 g/mol. The predicted molar refractivity (Wildman–Crippen MR) is 76.6 cm³/mol. The second-order valence-electron chi connectivity index (χ2n) is 4.88. The molecule has 2 aromatic rings. The highest BCUT2D eigenvalue weighted by Gasteiger charge is 2.18. The molecule has 1 aliphatic rings. The topological polar surface area (TPSA) is 72.1 Å². The number of rotatable bonds is 5. The molecule has 6 nitrogen and oxygen atoms in total. The maximum absolute atomic E-state index is 11.7. The maximum Gasteiger partial charge on any atom is 0.336 e. The highest BCUT2D eigenvalue weighted by molar-refractivity contribution is 5.84. The molecule has 0 fully saturated rings. The second kappa shape index (κ2) is 5.75. The average molecular weight is 291 g/mol. The molecule has 1 aliphatic heterocycles. The smallest absolute Gasteiger partial charge is 0.336 e. The van der Waals surface area contributed by atoms with Crippen molar-refractivity contribution in [1.82, 2.24) is 4.90 Å². The number of fused-ring (bicyclic) bond motifs is 2. The van der Waals surface area contributed by atoms with Crippen molar-refractivity contribution in [2.24, 2.45) is 0 Å². The SMILES string of the molecule is CCN(CCO)Cc1cc(=O)oc2cc3c(cc12)OCO3. The molecule has 0 saturated heterocycles. The van der Waals surface area contributed by atoms with Crippen molar-refractivity contribution < 1.29 is 19.0 Å².